The van der Waals surface area contributed by atoms with E-state index in [4.69, 9.17) is 0 Å². The van der Waals surface area contributed by atoms with Crippen molar-refractivity contribution >= 4 is 12.0 Å². The molecule has 2 aromatic rings. The summed E-state index contributed by atoms with van der Waals surface area (Å²) < 4.78 is 0. The molecule has 2 aromatic carbocycles. The average Bonchev–Trinajstić information content (AvgIpc) is 2.38. The highest BCUT2D eigenvalue weighted by atomic mass is 16.4. The summed E-state index contributed by atoms with van der Waals surface area (Å²) in [6, 6.07) is 14.9. The molecule has 0 aromatic heterocycles. The molecule has 0 aliphatic heterocycles. The van der Waals surface area contributed by atoms with E-state index in [2.05, 4.69) is 6.58 Å². The maximum Gasteiger partial charge on any atom is 0.336 e. The number of aromatic carboxylic acids is 1. The van der Waals surface area contributed by atoms with Crippen LogP contribution in [0, 0.1) is 0 Å². The fourth-order valence-corrected chi connectivity index (χ4v) is 1.84. The number of benzene rings is 2. The van der Waals surface area contributed by atoms with E-state index in [1.165, 1.54) is 0 Å². The van der Waals surface area contributed by atoms with Gasteiger partial charge in [-0.25, -0.2) is 4.79 Å². The number of hydrogen-bond acceptors (Lipinski definition) is 1. The quantitative estimate of drug-likeness (QED) is 0.863. The molecule has 0 aliphatic carbocycles. The van der Waals surface area contributed by atoms with Gasteiger partial charge in [-0.1, -0.05) is 61.2 Å². The van der Waals surface area contributed by atoms with Crippen molar-refractivity contribution in [2.24, 2.45) is 0 Å². The molecule has 0 spiro atoms. The van der Waals surface area contributed by atoms with Gasteiger partial charge in [-0.3, -0.25) is 0 Å². The molecule has 2 rings (SSSR count). The summed E-state index contributed by atoms with van der Waals surface area (Å²) in [5.41, 5.74) is 2.55. The molecule has 0 heterocycles. The molecule has 0 amide bonds. The number of hydrogen-bond donors (Lipinski definition) is 1. The molecule has 0 fully saturated rings. The first-order valence-electron chi connectivity index (χ1n) is 5.28. The minimum absolute atomic E-state index is 0.300. The van der Waals surface area contributed by atoms with Crippen LogP contribution < -0.4 is 0 Å². The van der Waals surface area contributed by atoms with Crippen LogP contribution in [-0.4, -0.2) is 11.1 Å². The SMILES string of the molecule is C=Cc1cccc(-c2ccccc2)c1C(=O)O. The van der Waals surface area contributed by atoms with Gasteiger partial charge in [0, 0.05) is 0 Å². The van der Waals surface area contributed by atoms with E-state index in [-0.39, 0.29) is 0 Å². The van der Waals surface area contributed by atoms with Crippen LogP contribution >= 0.6 is 0 Å². The largest absolute Gasteiger partial charge is 0.478 e. The summed E-state index contributed by atoms with van der Waals surface area (Å²) in [5, 5.41) is 9.29. The standard InChI is InChI=1S/C15H12O2/c1-2-11-9-6-10-13(14(11)15(16)17)12-7-4-3-5-8-12/h2-10H,1H2,(H,16,17). The van der Waals surface area contributed by atoms with Gasteiger partial charge < -0.3 is 5.11 Å². The van der Waals surface area contributed by atoms with Crippen LogP contribution in [0.5, 0.6) is 0 Å². The Hall–Kier alpha value is -2.35. The lowest BCUT2D eigenvalue weighted by atomic mass is 9.95. The molecule has 84 valence electrons. The van der Waals surface area contributed by atoms with Gasteiger partial charge >= 0.3 is 5.97 Å². The molecule has 0 saturated carbocycles. The maximum atomic E-state index is 11.3. The van der Waals surface area contributed by atoms with Crippen molar-refractivity contribution in [1.29, 1.82) is 0 Å². The Bertz CT molecular complexity index is 556. The predicted octanol–water partition coefficient (Wildman–Crippen LogP) is 3.69. The second kappa shape index (κ2) is 4.66. The van der Waals surface area contributed by atoms with Crippen LogP contribution in [0.1, 0.15) is 15.9 Å². The van der Waals surface area contributed by atoms with Crippen molar-refractivity contribution in [2.75, 3.05) is 0 Å². The molecule has 2 heteroatoms. The average molecular weight is 224 g/mol. The van der Waals surface area contributed by atoms with E-state index in [0.29, 0.717) is 11.1 Å². The van der Waals surface area contributed by atoms with Crippen molar-refractivity contribution in [3.8, 4) is 11.1 Å². The van der Waals surface area contributed by atoms with E-state index < -0.39 is 5.97 Å². The van der Waals surface area contributed by atoms with Gasteiger partial charge in [0.05, 0.1) is 5.56 Å². The van der Waals surface area contributed by atoms with Gasteiger partial charge in [0.1, 0.15) is 0 Å². The molecule has 0 bridgehead atoms. The van der Waals surface area contributed by atoms with Crippen molar-refractivity contribution in [2.45, 2.75) is 0 Å². The number of carboxylic acids is 1. The Morgan fingerprint density at radius 3 is 2.35 bits per heavy atom. The third-order valence-electron chi connectivity index (χ3n) is 2.62. The minimum Gasteiger partial charge on any atom is -0.478 e. The van der Waals surface area contributed by atoms with Crippen LogP contribution in [0.3, 0.4) is 0 Å². The molecule has 0 unspecified atom stereocenters. The van der Waals surface area contributed by atoms with Crippen LogP contribution in [0.4, 0.5) is 0 Å². The Kier molecular flexibility index (Phi) is 3.06. The van der Waals surface area contributed by atoms with Gasteiger partial charge in [-0.05, 0) is 16.7 Å². The zero-order valence-corrected chi connectivity index (χ0v) is 9.26. The van der Waals surface area contributed by atoms with Gasteiger partial charge in [0.25, 0.3) is 0 Å². The maximum absolute atomic E-state index is 11.3. The van der Waals surface area contributed by atoms with Crippen molar-refractivity contribution in [3.63, 3.8) is 0 Å². The second-order valence-electron chi connectivity index (χ2n) is 3.65. The third kappa shape index (κ3) is 2.11. The summed E-state index contributed by atoms with van der Waals surface area (Å²) in [4.78, 5) is 11.3. The Balaban J connectivity index is 2.70. The topological polar surface area (TPSA) is 37.3 Å². The van der Waals surface area contributed by atoms with Crippen LogP contribution in [0.15, 0.2) is 55.1 Å². The first kappa shape index (κ1) is 11.1. The molecule has 2 nitrogen and oxygen atoms in total. The lowest BCUT2D eigenvalue weighted by Gasteiger charge is -2.09. The molecular formula is C15H12O2. The van der Waals surface area contributed by atoms with E-state index in [1.807, 2.05) is 42.5 Å². The smallest absolute Gasteiger partial charge is 0.336 e. The minimum atomic E-state index is -0.931. The van der Waals surface area contributed by atoms with Crippen molar-refractivity contribution in [3.05, 3.63) is 66.2 Å². The monoisotopic (exact) mass is 224 g/mol. The number of carboxylic acid groups (broad SMARTS) is 1. The van der Waals surface area contributed by atoms with Gasteiger partial charge in [-0.2, -0.15) is 0 Å². The summed E-state index contributed by atoms with van der Waals surface area (Å²) in [6.07, 6.45) is 1.57. The van der Waals surface area contributed by atoms with Crippen molar-refractivity contribution < 1.29 is 9.90 Å². The van der Waals surface area contributed by atoms with Crippen LogP contribution in [-0.2, 0) is 0 Å². The Morgan fingerprint density at radius 2 is 1.76 bits per heavy atom. The molecule has 17 heavy (non-hydrogen) atoms. The molecule has 0 aliphatic rings. The van der Waals surface area contributed by atoms with Gasteiger partial charge in [0.2, 0.25) is 0 Å². The zero-order valence-electron chi connectivity index (χ0n) is 9.26. The third-order valence-corrected chi connectivity index (χ3v) is 2.62. The highest BCUT2D eigenvalue weighted by Gasteiger charge is 2.14. The molecular weight excluding hydrogens is 212 g/mol. The Morgan fingerprint density at radius 1 is 1.06 bits per heavy atom. The van der Waals surface area contributed by atoms with E-state index in [1.54, 1.807) is 12.1 Å². The summed E-state index contributed by atoms with van der Waals surface area (Å²) in [7, 11) is 0. The van der Waals surface area contributed by atoms with Crippen LogP contribution in [0.2, 0.25) is 0 Å². The Labute approximate surface area is 99.8 Å². The first-order chi connectivity index (χ1) is 8.24. The van der Waals surface area contributed by atoms with Crippen LogP contribution in [0.25, 0.3) is 17.2 Å². The summed E-state index contributed by atoms with van der Waals surface area (Å²) in [5.74, 6) is -0.931. The fourth-order valence-electron chi connectivity index (χ4n) is 1.84. The van der Waals surface area contributed by atoms with Gasteiger partial charge in [-0.15, -0.1) is 0 Å². The number of rotatable bonds is 3. The highest BCUT2D eigenvalue weighted by molar-refractivity contribution is 5.99. The fraction of sp³-hybridized carbons (Fsp3) is 0. The lowest BCUT2D eigenvalue weighted by Crippen LogP contribution is -2.02. The zero-order chi connectivity index (χ0) is 12.3. The van der Waals surface area contributed by atoms with Gasteiger partial charge in [0.15, 0.2) is 0 Å². The molecule has 0 radical (unpaired) electrons. The highest BCUT2D eigenvalue weighted by Crippen LogP contribution is 2.26. The summed E-state index contributed by atoms with van der Waals surface area (Å²) >= 11 is 0. The molecule has 0 atom stereocenters. The van der Waals surface area contributed by atoms with E-state index in [0.717, 1.165) is 11.1 Å². The normalized spacial score (nSPS) is 9.88. The summed E-state index contributed by atoms with van der Waals surface area (Å²) in [6.45, 7) is 3.65. The van der Waals surface area contributed by atoms with E-state index in [9.17, 15) is 9.90 Å². The second-order valence-corrected chi connectivity index (χ2v) is 3.65. The van der Waals surface area contributed by atoms with E-state index >= 15 is 0 Å². The molecule has 1 N–H and O–H groups in total. The molecule has 0 saturated heterocycles. The van der Waals surface area contributed by atoms with Crippen molar-refractivity contribution in [1.82, 2.24) is 0 Å². The lowest BCUT2D eigenvalue weighted by molar-refractivity contribution is 0.0697. The first-order valence-corrected chi connectivity index (χ1v) is 5.28. The predicted molar refractivity (Wildman–Crippen MR) is 68.9 cm³/mol. The number of carbonyl (C=O) groups is 1.